The van der Waals surface area contributed by atoms with Gasteiger partial charge >= 0.3 is 0 Å². The molecule has 5 aromatic rings. The summed E-state index contributed by atoms with van der Waals surface area (Å²) in [4.78, 5) is 19.2. The monoisotopic (exact) mass is 532 g/mol. The summed E-state index contributed by atoms with van der Waals surface area (Å²) in [7, 11) is 0. The zero-order valence-corrected chi connectivity index (χ0v) is 20.7. The Morgan fingerprint density at radius 2 is 1.84 bits per heavy atom. The van der Waals surface area contributed by atoms with E-state index >= 15 is 0 Å². The number of benzene rings is 3. The third-order valence-electron chi connectivity index (χ3n) is 7.07. The molecule has 0 radical (unpaired) electrons. The summed E-state index contributed by atoms with van der Waals surface area (Å²) in [5.41, 5.74) is 4.77. The highest BCUT2D eigenvalue weighted by molar-refractivity contribution is 6.34. The largest absolute Gasteiger partial charge is 0.456 e. The van der Waals surface area contributed by atoms with Gasteiger partial charge in [-0.1, -0.05) is 41.9 Å². The Balaban J connectivity index is 1.13. The first-order valence-electron chi connectivity index (χ1n) is 12.3. The van der Waals surface area contributed by atoms with E-state index in [-0.39, 0.29) is 29.6 Å². The molecule has 3 unspecified atom stereocenters. The molecule has 2 aliphatic rings. The highest BCUT2D eigenvalue weighted by Gasteiger charge is 2.43. The van der Waals surface area contributed by atoms with Crippen molar-refractivity contribution in [2.24, 2.45) is 0 Å². The first-order chi connectivity index (χ1) is 18.5. The number of nitrogens with one attached hydrogen (secondary N) is 2. The molecule has 2 aliphatic heterocycles. The van der Waals surface area contributed by atoms with Crippen molar-refractivity contribution in [1.29, 1.82) is 0 Å². The van der Waals surface area contributed by atoms with Crippen LogP contribution in [-0.2, 0) is 9.47 Å². The Labute approximate surface area is 220 Å². The van der Waals surface area contributed by atoms with Crippen molar-refractivity contribution in [1.82, 2.24) is 19.7 Å². The van der Waals surface area contributed by atoms with Crippen LogP contribution in [0.3, 0.4) is 0 Å². The van der Waals surface area contributed by atoms with Crippen molar-refractivity contribution in [2.45, 2.75) is 24.7 Å². The Bertz CT molecular complexity index is 1710. The van der Waals surface area contributed by atoms with E-state index in [9.17, 15) is 9.18 Å². The van der Waals surface area contributed by atoms with Crippen LogP contribution in [0.1, 0.15) is 6.42 Å². The van der Waals surface area contributed by atoms with Gasteiger partial charge in [-0.2, -0.15) is 4.98 Å². The maximum absolute atomic E-state index is 14.8. The molecular weight excluding hydrogens is 511 g/mol. The Kier molecular flexibility index (Phi) is 5.57. The minimum absolute atomic E-state index is 0.0662. The van der Waals surface area contributed by atoms with Crippen LogP contribution in [0, 0.1) is 5.82 Å². The highest BCUT2D eigenvalue weighted by Crippen LogP contribution is 2.35. The molecule has 38 heavy (non-hydrogen) atoms. The molecule has 7 rings (SSSR count). The van der Waals surface area contributed by atoms with E-state index in [2.05, 4.69) is 15.1 Å². The molecule has 2 N–H and O–H groups in total. The lowest BCUT2D eigenvalue weighted by atomic mass is 9.99. The summed E-state index contributed by atoms with van der Waals surface area (Å²) >= 11 is 6.64. The van der Waals surface area contributed by atoms with Crippen LogP contribution in [0.5, 0.6) is 6.01 Å². The molecule has 0 aliphatic carbocycles. The van der Waals surface area contributed by atoms with Gasteiger partial charge < -0.3 is 19.2 Å². The minimum Gasteiger partial charge on any atom is -0.456 e. The summed E-state index contributed by atoms with van der Waals surface area (Å²) in [5, 5.41) is 3.12. The van der Waals surface area contributed by atoms with Gasteiger partial charge in [-0.15, -0.1) is 0 Å². The highest BCUT2D eigenvalue weighted by atomic mass is 35.5. The first kappa shape index (κ1) is 23.2. The van der Waals surface area contributed by atoms with Crippen LogP contribution in [-0.4, -0.2) is 51.3 Å². The summed E-state index contributed by atoms with van der Waals surface area (Å²) < 4.78 is 33.7. The van der Waals surface area contributed by atoms with E-state index in [1.165, 1.54) is 23.0 Å². The molecule has 10 heteroatoms. The van der Waals surface area contributed by atoms with Crippen molar-refractivity contribution in [3.05, 3.63) is 88.1 Å². The fourth-order valence-corrected chi connectivity index (χ4v) is 5.43. The number of aromatic nitrogens is 4. The Morgan fingerprint density at radius 1 is 1.03 bits per heavy atom. The lowest BCUT2D eigenvalue weighted by Gasteiger charge is -2.15. The van der Waals surface area contributed by atoms with Gasteiger partial charge in [0.1, 0.15) is 11.9 Å². The van der Waals surface area contributed by atoms with Gasteiger partial charge in [-0.05, 0) is 47.4 Å². The maximum Gasteiger partial charge on any atom is 0.295 e. The quantitative estimate of drug-likeness (QED) is 0.328. The second kappa shape index (κ2) is 9.13. The van der Waals surface area contributed by atoms with Crippen LogP contribution >= 0.6 is 11.6 Å². The number of nitrogens with zero attached hydrogens (tertiary/aromatic N) is 2. The molecule has 192 valence electrons. The van der Waals surface area contributed by atoms with E-state index < -0.39 is 5.82 Å². The van der Waals surface area contributed by atoms with Crippen LogP contribution in [0.25, 0.3) is 39.0 Å². The van der Waals surface area contributed by atoms with Crippen LogP contribution in [0.4, 0.5) is 4.39 Å². The number of hydrogen-bond acceptors (Lipinski definition) is 5. The Morgan fingerprint density at radius 3 is 2.63 bits per heavy atom. The number of H-pyrrole nitrogens is 2. The first-order valence-corrected chi connectivity index (χ1v) is 12.7. The zero-order valence-electron chi connectivity index (χ0n) is 20.0. The van der Waals surface area contributed by atoms with E-state index in [4.69, 9.17) is 25.8 Å². The van der Waals surface area contributed by atoms with Gasteiger partial charge in [0.15, 0.2) is 6.10 Å². The molecular formula is C28H22ClFN4O4. The Hall–Kier alpha value is -3.92. The number of imidazole rings is 1. The average Bonchev–Trinajstić information content (AvgIpc) is 3.70. The molecule has 8 nitrogen and oxygen atoms in total. The molecule has 3 atom stereocenters. The molecule has 0 saturated carbocycles. The number of aromatic amines is 2. The topological polar surface area (TPSA) is 94.2 Å². The molecule has 2 fully saturated rings. The molecule has 4 heterocycles. The fourth-order valence-electron chi connectivity index (χ4n) is 5.16. The van der Waals surface area contributed by atoms with E-state index in [0.717, 1.165) is 34.1 Å². The standard InChI is InChI=1S/C28H22ClFN4O4/c29-19-13-22-21(31-28(32-22)38-25-14-37-24-8-10-36-27(24)25)12-18(19)16-3-1-15(2-4-16)17-5-6-23(20(30)11-17)34-9-7-26(35)33-34/h1-7,9,11-13,24-25,27H,8,10,14H2,(H,31,32)(H,33,35). The van der Waals surface area contributed by atoms with Gasteiger partial charge in [0.25, 0.3) is 11.6 Å². The second-order valence-electron chi connectivity index (χ2n) is 9.45. The SMILES string of the molecule is O=c1ccn(-c2ccc(-c3ccc(-c4cc5nc(OC6COC7CCOC76)[nH]c5cc4Cl)cc3)cc2F)[nH]1. The summed E-state index contributed by atoms with van der Waals surface area (Å²) in [5.74, 6) is -0.442. The molecule has 3 aromatic carbocycles. The average molecular weight is 533 g/mol. The third-order valence-corrected chi connectivity index (χ3v) is 7.39. The number of hydrogen-bond donors (Lipinski definition) is 2. The van der Waals surface area contributed by atoms with Crippen LogP contribution < -0.4 is 10.3 Å². The molecule has 0 bridgehead atoms. The van der Waals surface area contributed by atoms with Gasteiger partial charge in [0, 0.05) is 24.4 Å². The lowest BCUT2D eigenvalue weighted by Crippen LogP contribution is -2.32. The van der Waals surface area contributed by atoms with Gasteiger partial charge in [-0.3, -0.25) is 14.6 Å². The zero-order chi connectivity index (χ0) is 25.8. The smallest absolute Gasteiger partial charge is 0.295 e. The number of fused-ring (bicyclic) bond motifs is 2. The van der Waals surface area contributed by atoms with Gasteiger partial charge in [0.2, 0.25) is 0 Å². The second-order valence-corrected chi connectivity index (χ2v) is 9.86. The fraction of sp³-hybridized carbons (Fsp3) is 0.214. The van der Waals surface area contributed by atoms with E-state index in [0.29, 0.717) is 29.8 Å². The predicted molar refractivity (Wildman–Crippen MR) is 140 cm³/mol. The van der Waals surface area contributed by atoms with Crippen LogP contribution in [0.15, 0.2) is 71.7 Å². The lowest BCUT2D eigenvalue weighted by molar-refractivity contribution is 0.0273. The van der Waals surface area contributed by atoms with Crippen LogP contribution in [0.2, 0.25) is 5.02 Å². The summed E-state index contributed by atoms with van der Waals surface area (Å²) in [6.45, 7) is 1.16. The summed E-state index contributed by atoms with van der Waals surface area (Å²) in [6, 6.07) is 18.1. The number of rotatable bonds is 5. The molecule has 2 aromatic heterocycles. The minimum atomic E-state index is -0.442. The van der Waals surface area contributed by atoms with Crippen molar-refractivity contribution >= 4 is 22.6 Å². The van der Waals surface area contributed by atoms with E-state index in [1.807, 2.05) is 42.5 Å². The molecule has 0 spiro atoms. The molecule has 2 saturated heterocycles. The number of halogens is 2. The van der Waals surface area contributed by atoms with Gasteiger partial charge in [0.05, 0.1) is 34.5 Å². The van der Waals surface area contributed by atoms with Crippen molar-refractivity contribution in [3.63, 3.8) is 0 Å². The molecule has 0 amide bonds. The number of ether oxygens (including phenoxy) is 3. The van der Waals surface area contributed by atoms with Crippen molar-refractivity contribution in [3.8, 4) is 34.0 Å². The van der Waals surface area contributed by atoms with E-state index in [1.54, 1.807) is 6.07 Å². The third kappa shape index (κ3) is 4.09. The van der Waals surface area contributed by atoms with Crippen molar-refractivity contribution in [2.75, 3.05) is 13.2 Å². The summed E-state index contributed by atoms with van der Waals surface area (Å²) in [6.07, 6.45) is 2.21. The maximum atomic E-state index is 14.8. The van der Waals surface area contributed by atoms with Crippen molar-refractivity contribution < 1.29 is 18.6 Å². The van der Waals surface area contributed by atoms with Gasteiger partial charge in [-0.25, -0.2) is 4.39 Å². The normalized spacial score (nSPS) is 20.7. The predicted octanol–water partition coefficient (Wildman–Crippen LogP) is 5.10.